The van der Waals surface area contributed by atoms with Crippen LogP contribution in [0.25, 0.3) is 0 Å². The summed E-state index contributed by atoms with van der Waals surface area (Å²) < 4.78 is 0.587. The second-order valence-electron chi connectivity index (χ2n) is 3.52. The average Bonchev–Trinajstić information content (AvgIpc) is 2.42. The van der Waals surface area contributed by atoms with E-state index in [4.69, 9.17) is 17.0 Å². The molecule has 0 fully saturated rings. The normalized spacial score (nSPS) is 10.2. The van der Waals surface area contributed by atoms with Crippen molar-refractivity contribution in [3.8, 4) is 0 Å². The van der Waals surface area contributed by atoms with Crippen LogP contribution in [-0.2, 0) is 0 Å². The van der Waals surface area contributed by atoms with E-state index in [1.807, 2.05) is 52.9 Å². The number of hydrogen-bond donors (Lipinski definition) is 2. The molecule has 1 heterocycles. The van der Waals surface area contributed by atoms with Crippen LogP contribution in [0.2, 0.25) is 5.02 Å². The molecule has 4 nitrogen and oxygen atoms in total. The Kier molecular flexibility index (Phi) is 4.13. The Morgan fingerprint density at radius 3 is 2.56 bits per heavy atom. The maximum atomic E-state index is 8.26. The minimum Gasteiger partial charge on any atom is -0.371 e. The molecule has 6 heteroatoms. The highest BCUT2D eigenvalue weighted by Gasteiger charge is 2.18. The summed E-state index contributed by atoms with van der Waals surface area (Å²) in [5.74, 6) is 0.509. The standard InChI is InChI=1S/C12H10ClIN4/c1-16-12-8(9(13)11(14)17-18-12)10(15)7-5-3-2-4-6-7/h2-6,15H,1H3,(H,16,18). The highest BCUT2D eigenvalue weighted by Crippen LogP contribution is 2.27. The van der Waals surface area contributed by atoms with E-state index >= 15 is 0 Å². The van der Waals surface area contributed by atoms with Gasteiger partial charge < -0.3 is 5.32 Å². The summed E-state index contributed by atoms with van der Waals surface area (Å²) in [4.78, 5) is 0. The van der Waals surface area contributed by atoms with Gasteiger partial charge in [-0.15, -0.1) is 10.2 Å². The van der Waals surface area contributed by atoms with Crippen LogP contribution < -0.4 is 5.32 Å². The summed E-state index contributed by atoms with van der Waals surface area (Å²) in [5.41, 5.74) is 1.70. The van der Waals surface area contributed by atoms with Gasteiger partial charge in [0.25, 0.3) is 0 Å². The molecule has 2 N–H and O–H groups in total. The summed E-state index contributed by atoms with van der Waals surface area (Å²) in [6, 6.07) is 9.41. The van der Waals surface area contributed by atoms with Crippen LogP contribution in [0.4, 0.5) is 5.82 Å². The predicted molar refractivity (Wildman–Crippen MR) is 81.7 cm³/mol. The van der Waals surface area contributed by atoms with Crippen LogP contribution in [0.15, 0.2) is 30.3 Å². The molecular weight excluding hydrogens is 363 g/mol. The maximum Gasteiger partial charge on any atom is 0.159 e. The molecule has 0 saturated heterocycles. The lowest BCUT2D eigenvalue weighted by molar-refractivity contribution is 0.999. The molecule has 0 bridgehead atoms. The smallest absolute Gasteiger partial charge is 0.159 e. The Labute approximate surface area is 123 Å². The first kappa shape index (κ1) is 13.2. The molecule has 0 atom stereocenters. The van der Waals surface area contributed by atoms with Crippen LogP contribution in [0.5, 0.6) is 0 Å². The van der Waals surface area contributed by atoms with Crippen molar-refractivity contribution in [2.45, 2.75) is 0 Å². The van der Waals surface area contributed by atoms with E-state index in [1.54, 1.807) is 7.05 Å². The number of benzene rings is 1. The molecular formula is C12H10ClIN4. The molecule has 1 aromatic heterocycles. The van der Waals surface area contributed by atoms with Gasteiger partial charge in [-0.3, -0.25) is 5.41 Å². The molecule has 0 unspecified atom stereocenters. The average molecular weight is 373 g/mol. The fourth-order valence-electron chi connectivity index (χ4n) is 1.55. The van der Waals surface area contributed by atoms with Crippen molar-refractivity contribution >= 4 is 45.7 Å². The lowest BCUT2D eigenvalue weighted by Gasteiger charge is -2.11. The van der Waals surface area contributed by atoms with E-state index in [-0.39, 0.29) is 0 Å². The van der Waals surface area contributed by atoms with Crippen LogP contribution in [0.3, 0.4) is 0 Å². The van der Waals surface area contributed by atoms with Crippen molar-refractivity contribution in [1.29, 1.82) is 5.41 Å². The van der Waals surface area contributed by atoms with Gasteiger partial charge in [0.1, 0.15) is 3.70 Å². The first-order valence-electron chi connectivity index (χ1n) is 5.19. The fourth-order valence-corrected chi connectivity index (χ4v) is 2.15. The number of nitrogens with zero attached hydrogens (tertiary/aromatic N) is 2. The highest BCUT2D eigenvalue weighted by molar-refractivity contribution is 14.1. The summed E-state index contributed by atoms with van der Waals surface area (Å²) in [6.45, 7) is 0. The molecule has 0 saturated carbocycles. The zero-order valence-electron chi connectivity index (χ0n) is 9.54. The third kappa shape index (κ3) is 2.46. The number of anilines is 1. The Balaban J connectivity index is 2.57. The van der Waals surface area contributed by atoms with Crippen molar-refractivity contribution in [2.75, 3.05) is 12.4 Å². The van der Waals surface area contributed by atoms with E-state index in [9.17, 15) is 0 Å². The minimum atomic E-state index is 0.331. The summed E-state index contributed by atoms with van der Waals surface area (Å²) in [6.07, 6.45) is 0. The van der Waals surface area contributed by atoms with Gasteiger partial charge in [-0.25, -0.2) is 0 Å². The molecule has 92 valence electrons. The Morgan fingerprint density at radius 2 is 1.94 bits per heavy atom. The lowest BCUT2D eigenvalue weighted by Crippen LogP contribution is -2.10. The van der Waals surface area contributed by atoms with Crippen molar-refractivity contribution < 1.29 is 0 Å². The maximum absolute atomic E-state index is 8.26. The third-order valence-corrected chi connectivity index (χ3v) is 3.87. The predicted octanol–water partition coefficient (Wildman–Crippen LogP) is 3.19. The third-order valence-electron chi connectivity index (χ3n) is 2.42. The number of aromatic nitrogens is 2. The Morgan fingerprint density at radius 1 is 1.28 bits per heavy atom. The van der Waals surface area contributed by atoms with Gasteiger partial charge in [0.2, 0.25) is 0 Å². The van der Waals surface area contributed by atoms with Gasteiger partial charge in [-0.2, -0.15) is 0 Å². The second kappa shape index (κ2) is 5.62. The zero-order valence-corrected chi connectivity index (χ0v) is 12.5. The summed E-state index contributed by atoms with van der Waals surface area (Å²) in [7, 11) is 1.73. The molecule has 1 aromatic carbocycles. The number of rotatable bonds is 3. The lowest BCUT2D eigenvalue weighted by atomic mass is 10.0. The van der Waals surface area contributed by atoms with Crippen LogP contribution >= 0.6 is 34.2 Å². The molecule has 0 amide bonds. The van der Waals surface area contributed by atoms with E-state index in [2.05, 4.69) is 15.5 Å². The van der Waals surface area contributed by atoms with Gasteiger partial charge in [0, 0.05) is 12.6 Å². The number of hydrogen-bond acceptors (Lipinski definition) is 4. The Bertz CT molecular complexity index is 586. The van der Waals surface area contributed by atoms with Gasteiger partial charge in [-0.1, -0.05) is 41.9 Å². The molecule has 2 rings (SSSR count). The number of halogens is 2. The quantitative estimate of drug-likeness (QED) is 0.642. The second-order valence-corrected chi connectivity index (χ2v) is 4.92. The molecule has 0 aliphatic carbocycles. The summed E-state index contributed by atoms with van der Waals surface area (Å²) in [5, 5.41) is 19.6. The first-order valence-corrected chi connectivity index (χ1v) is 6.64. The van der Waals surface area contributed by atoms with Gasteiger partial charge in [0.05, 0.1) is 16.3 Å². The van der Waals surface area contributed by atoms with E-state index < -0.39 is 0 Å². The van der Waals surface area contributed by atoms with Crippen molar-refractivity contribution in [3.63, 3.8) is 0 Å². The number of nitrogens with one attached hydrogen (secondary N) is 2. The van der Waals surface area contributed by atoms with Crippen LogP contribution in [0.1, 0.15) is 11.1 Å². The first-order chi connectivity index (χ1) is 8.65. The topological polar surface area (TPSA) is 61.7 Å². The SMILES string of the molecule is CNc1nnc(I)c(Cl)c1C(=N)c1ccccc1. The highest BCUT2D eigenvalue weighted by atomic mass is 127. The van der Waals surface area contributed by atoms with Crippen LogP contribution in [-0.4, -0.2) is 23.0 Å². The van der Waals surface area contributed by atoms with Crippen molar-refractivity contribution in [2.24, 2.45) is 0 Å². The van der Waals surface area contributed by atoms with E-state index in [1.165, 1.54) is 0 Å². The van der Waals surface area contributed by atoms with Crippen molar-refractivity contribution in [3.05, 3.63) is 50.2 Å². The fraction of sp³-hybridized carbons (Fsp3) is 0.0833. The molecule has 0 aliphatic rings. The molecule has 18 heavy (non-hydrogen) atoms. The van der Waals surface area contributed by atoms with Crippen LogP contribution in [0, 0.1) is 9.11 Å². The molecule has 0 radical (unpaired) electrons. The summed E-state index contributed by atoms with van der Waals surface area (Å²) >= 11 is 8.24. The minimum absolute atomic E-state index is 0.331. The molecule has 0 spiro atoms. The van der Waals surface area contributed by atoms with Gasteiger partial charge >= 0.3 is 0 Å². The monoisotopic (exact) mass is 372 g/mol. The van der Waals surface area contributed by atoms with E-state index in [0.717, 1.165) is 5.56 Å². The van der Waals surface area contributed by atoms with Gasteiger partial charge in [-0.05, 0) is 22.6 Å². The van der Waals surface area contributed by atoms with E-state index in [0.29, 0.717) is 25.8 Å². The molecule has 2 aromatic rings. The van der Waals surface area contributed by atoms with Gasteiger partial charge in [0.15, 0.2) is 5.82 Å². The zero-order chi connectivity index (χ0) is 13.1. The Hall–Kier alpha value is -1.21. The van der Waals surface area contributed by atoms with Crippen molar-refractivity contribution in [1.82, 2.24) is 10.2 Å². The largest absolute Gasteiger partial charge is 0.371 e. The molecule has 0 aliphatic heterocycles.